The van der Waals surface area contributed by atoms with E-state index in [1.54, 1.807) is 11.8 Å². The third-order valence-electron chi connectivity index (χ3n) is 3.61. The predicted octanol–water partition coefficient (Wildman–Crippen LogP) is 1.60. The second-order valence-electron chi connectivity index (χ2n) is 5.23. The van der Waals surface area contributed by atoms with E-state index in [2.05, 4.69) is 0 Å². The van der Waals surface area contributed by atoms with E-state index < -0.39 is 0 Å². The second kappa shape index (κ2) is 6.06. The number of benzene rings is 1. The Morgan fingerprint density at radius 2 is 2.37 bits per heavy atom. The first-order chi connectivity index (χ1) is 9.06. The molecule has 2 atom stereocenters. The molecule has 1 aromatic carbocycles. The molecule has 1 aliphatic rings. The zero-order valence-electron chi connectivity index (χ0n) is 11.5. The SMILES string of the molecule is Cc1cccc(OCC(=O)N2CCC(C(C)O)C2)c1. The molecule has 0 saturated carbocycles. The van der Waals surface area contributed by atoms with Crippen LogP contribution in [0.5, 0.6) is 5.75 Å². The number of aryl methyl sites for hydroxylation is 1. The molecule has 1 saturated heterocycles. The molecule has 2 rings (SSSR count). The van der Waals surface area contributed by atoms with Gasteiger partial charge < -0.3 is 14.7 Å². The van der Waals surface area contributed by atoms with Gasteiger partial charge in [0.2, 0.25) is 0 Å². The highest BCUT2D eigenvalue weighted by Crippen LogP contribution is 2.20. The molecule has 0 radical (unpaired) electrons. The predicted molar refractivity (Wildman–Crippen MR) is 73.0 cm³/mol. The highest BCUT2D eigenvalue weighted by Gasteiger charge is 2.29. The van der Waals surface area contributed by atoms with Crippen molar-refractivity contribution in [3.63, 3.8) is 0 Å². The summed E-state index contributed by atoms with van der Waals surface area (Å²) in [5, 5.41) is 9.52. The van der Waals surface area contributed by atoms with E-state index in [9.17, 15) is 9.90 Å². The van der Waals surface area contributed by atoms with E-state index in [1.807, 2.05) is 31.2 Å². The maximum atomic E-state index is 12.0. The molecule has 2 unspecified atom stereocenters. The molecule has 4 nitrogen and oxygen atoms in total. The Hall–Kier alpha value is -1.55. The van der Waals surface area contributed by atoms with Gasteiger partial charge in [-0.3, -0.25) is 4.79 Å². The lowest BCUT2D eigenvalue weighted by Crippen LogP contribution is -2.34. The van der Waals surface area contributed by atoms with Gasteiger partial charge in [-0.15, -0.1) is 0 Å². The number of carbonyl (C=O) groups is 1. The Morgan fingerprint density at radius 3 is 3.00 bits per heavy atom. The highest BCUT2D eigenvalue weighted by molar-refractivity contribution is 5.78. The summed E-state index contributed by atoms with van der Waals surface area (Å²) in [6.07, 6.45) is 0.518. The molecule has 104 valence electrons. The zero-order valence-corrected chi connectivity index (χ0v) is 11.5. The van der Waals surface area contributed by atoms with Crippen molar-refractivity contribution in [1.29, 1.82) is 0 Å². The van der Waals surface area contributed by atoms with Crippen LogP contribution in [-0.4, -0.2) is 41.7 Å². The number of carbonyl (C=O) groups excluding carboxylic acids is 1. The molecule has 1 aromatic rings. The van der Waals surface area contributed by atoms with Crippen molar-refractivity contribution in [3.8, 4) is 5.75 Å². The number of amides is 1. The minimum atomic E-state index is -0.351. The lowest BCUT2D eigenvalue weighted by molar-refractivity contribution is -0.132. The largest absolute Gasteiger partial charge is 0.484 e. The minimum absolute atomic E-state index is 0.00958. The quantitative estimate of drug-likeness (QED) is 0.897. The van der Waals surface area contributed by atoms with Crippen LogP contribution in [0.1, 0.15) is 18.9 Å². The summed E-state index contributed by atoms with van der Waals surface area (Å²) in [7, 11) is 0. The van der Waals surface area contributed by atoms with Crippen LogP contribution in [-0.2, 0) is 4.79 Å². The van der Waals surface area contributed by atoms with Gasteiger partial charge >= 0.3 is 0 Å². The molecule has 1 heterocycles. The van der Waals surface area contributed by atoms with E-state index in [1.165, 1.54) is 0 Å². The third kappa shape index (κ3) is 3.70. The van der Waals surface area contributed by atoms with Gasteiger partial charge in [-0.1, -0.05) is 12.1 Å². The Labute approximate surface area is 114 Å². The van der Waals surface area contributed by atoms with Crippen LogP contribution in [0.15, 0.2) is 24.3 Å². The molecule has 1 aliphatic heterocycles. The van der Waals surface area contributed by atoms with Crippen LogP contribution in [0.3, 0.4) is 0 Å². The van der Waals surface area contributed by atoms with Gasteiger partial charge in [-0.2, -0.15) is 0 Å². The smallest absolute Gasteiger partial charge is 0.260 e. The van der Waals surface area contributed by atoms with Gasteiger partial charge in [-0.05, 0) is 38.0 Å². The Balaban J connectivity index is 1.82. The molecule has 0 aromatic heterocycles. The number of aliphatic hydroxyl groups is 1. The second-order valence-corrected chi connectivity index (χ2v) is 5.23. The van der Waals surface area contributed by atoms with Gasteiger partial charge in [0, 0.05) is 19.0 Å². The summed E-state index contributed by atoms with van der Waals surface area (Å²) in [5.41, 5.74) is 1.11. The molecular formula is C15H21NO3. The summed E-state index contributed by atoms with van der Waals surface area (Å²) in [6, 6.07) is 7.66. The van der Waals surface area contributed by atoms with Crippen LogP contribution in [0.4, 0.5) is 0 Å². The molecule has 1 fully saturated rings. The fourth-order valence-electron chi connectivity index (χ4n) is 2.35. The Bertz CT molecular complexity index is 445. The molecule has 19 heavy (non-hydrogen) atoms. The molecule has 0 spiro atoms. The first kappa shape index (κ1) is 13.9. The highest BCUT2D eigenvalue weighted by atomic mass is 16.5. The number of hydrogen-bond donors (Lipinski definition) is 1. The number of likely N-dealkylation sites (tertiary alicyclic amines) is 1. The number of nitrogens with zero attached hydrogens (tertiary/aromatic N) is 1. The average Bonchev–Trinajstić information content (AvgIpc) is 2.86. The van der Waals surface area contributed by atoms with E-state index in [-0.39, 0.29) is 24.5 Å². The van der Waals surface area contributed by atoms with Crippen molar-refractivity contribution in [3.05, 3.63) is 29.8 Å². The summed E-state index contributed by atoms with van der Waals surface area (Å²) in [6.45, 7) is 5.18. The maximum absolute atomic E-state index is 12.0. The fourth-order valence-corrected chi connectivity index (χ4v) is 2.35. The van der Waals surface area contributed by atoms with Crippen molar-refractivity contribution >= 4 is 5.91 Å². The van der Waals surface area contributed by atoms with E-state index >= 15 is 0 Å². The van der Waals surface area contributed by atoms with Crippen molar-refractivity contribution in [2.45, 2.75) is 26.4 Å². The van der Waals surface area contributed by atoms with Gasteiger partial charge in [0.05, 0.1) is 6.10 Å². The first-order valence-corrected chi connectivity index (χ1v) is 6.71. The lowest BCUT2D eigenvalue weighted by Gasteiger charge is -2.18. The number of rotatable bonds is 4. The Morgan fingerprint density at radius 1 is 1.58 bits per heavy atom. The molecule has 4 heteroatoms. The standard InChI is InChI=1S/C15H21NO3/c1-11-4-3-5-14(8-11)19-10-15(18)16-7-6-13(9-16)12(2)17/h3-5,8,12-13,17H,6-7,9-10H2,1-2H3. The monoisotopic (exact) mass is 263 g/mol. The summed E-state index contributed by atoms with van der Waals surface area (Å²) in [4.78, 5) is 13.8. The topological polar surface area (TPSA) is 49.8 Å². The average molecular weight is 263 g/mol. The molecule has 0 bridgehead atoms. The van der Waals surface area contributed by atoms with Crippen LogP contribution < -0.4 is 4.74 Å². The van der Waals surface area contributed by atoms with E-state index in [0.717, 1.165) is 17.7 Å². The summed E-state index contributed by atoms with van der Waals surface area (Å²) in [5.74, 6) is 0.909. The van der Waals surface area contributed by atoms with Crippen molar-refractivity contribution in [2.24, 2.45) is 5.92 Å². The van der Waals surface area contributed by atoms with Gasteiger partial charge in [-0.25, -0.2) is 0 Å². The van der Waals surface area contributed by atoms with Gasteiger partial charge in [0.25, 0.3) is 5.91 Å². The maximum Gasteiger partial charge on any atom is 0.260 e. The number of ether oxygens (including phenoxy) is 1. The van der Waals surface area contributed by atoms with Crippen molar-refractivity contribution < 1.29 is 14.6 Å². The van der Waals surface area contributed by atoms with Crippen LogP contribution in [0.25, 0.3) is 0 Å². The first-order valence-electron chi connectivity index (χ1n) is 6.71. The molecule has 1 amide bonds. The zero-order chi connectivity index (χ0) is 13.8. The Kier molecular flexibility index (Phi) is 4.43. The van der Waals surface area contributed by atoms with Crippen LogP contribution in [0.2, 0.25) is 0 Å². The third-order valence-corrected chi connectivity index (χ3v) is 3.61. The van der Waals surface area contributed by atoms with Gasteiger partial charge in [0.15, 0.2) is 6.61 Å². The molecule has 0 aliphatic carbocycles. The molecule has 1 N–H and O–H groups in total. The van der Waals surface area contributed by atoms with E-state index in [0.29, 0.717) is 13.1 Å². The minimum Gasteiger partial charge on any atom is -0.484 e. The van der Waals surface area contributed by atoms with E-state index in [4.69, 9.17) is 4.74 Å². The van der Waals surface area contributed by atoms with Gasteiger partial charge in [0.1, 0.15) is 5.75 Å². The summed E-state index contributed by atoms with van der Waals surface area (Å²) < 4.78 is 5.50. The normalized spacial score (nSPS) is 20.4. The number of hydrogen-bond acceptors (Lipinski definition) is 3. The van der Waals surface area contributed by atoms with Crippen LogP contribution in [0, 0.1) is 12.8 Å². The summed E-state index contributed by atoms with van der Waals surface area (Å²) >= 11 is 0. The van der Waals surface area contributed by atoms with Crippen molar-refractivity contribution in [2.75, 3.05) is 19.7 Å². The number of aliphatic hydroxyl groups excluding tert-OH is 1. The lowest BCUT2D eigenvalue weighted by atomic mass is 10.0. The molecular weight excluding hydrogens is 242 g/mol. The fraction of sp³-hybridized carbons (Fsp3) is 0.533. The van der Waals surface area contributed by atoms with Crippen LogP contribution >= 0.6 is 0 Å². The van der Waals surface area contributed by atoms with Crippen molar-refractivity contribution in [1.82, 2.24) is 4.90 Å².